The Balaban J connectivity index is 1.43. The molecular formula is C25H17NO2. The Bertz CT molecular complexity index is 1500. The van der Waals surface area contributed by atoms with Gasteiger partial charge in [-0.1, -0.05) is 30.3 Å². The Hall–Kier alpha value is -3.72. The van der Waals surface area contributed by atoms with Gasteiger partial charge in [-0.25, -0.2) is 0 Å². The largest absolute Gasteiger partial charge is 0.456 e. The van der Waals surface area contributed by atoms with Gasteiger partial charge in [-0.3, -0.25) is 0 Å². The third-order valence-corrected chi connectivity index (χ3v) is 5.29. The molecule has 28 heavy (non-hydrogen) atoms. The Morgan fingerprint density at radius 1 is 0.536 bits per heavy atom. The third kappa shape index (κ3) is 2.30. The lowest BCUT2D eigenvalue weighted by molar-refractivity contribution is 0.668. The van der Waals surface area contributed by atoms with E-state index in [2.05, 4.69) is 60.8 Å². The van der Waals surface area contributed by atoms with E-state index in [0.717, 1.165) is 55.3 Å². The Morgan fingerprint density at radius 3 is 2.11 bits per heavy atom. The van der Waals surface area contributed by atoms with Crippen LogP contribution in [0.2, 0.25) is 0 Å². The fourth-order valence-electron chi connectivity index (χ4n) is 3.93. The van der Waals surface area contributed by atoms with Crippen LogP contribution in [-0.4, -0.2) is 0 Å². The minimum absolute atomic E-state index is 0.889. The average molecular weight is 363 g/mol. The molecule has 3 heteroatoms. The van der Waals surface area contributed by atoms with E-state index < -0.39 is 0 Å². The molecule has 0 aliphatic heterocycles. The highest BCUT2D eigenvalue weighted by Crippen LogP contribution is 2.34. The lowest BCUT2D eigenvalue weighted by Gasteiger charge is -2.06. The van der Waals surface area contributed by atoms with Crippen LogP contribution in [0.3, 0.4) is 0 Å². The molecule has 4 aromatic carbocycles. The van der Waals surface area contributed by atoms with E-state index in [1.165, 1.54) is 5.56 Å². The van der Waals surface area contributed by atoms with Crippen molar-refractivity contribution in [1.82, 2.24) is 0 Å². The van der Waals surface area contributed by atoms with Gasteiger partial charge in [0, 0.05) is 39.0 Å². The van der Waals surface area contributed by atoms with Crippen molar-refractivity contribution in [2.24, 2.45) is 0 Å². The maximum atomic E-state index is 6.07. The number of fused-ring (bicyclic) bond motifs is 6. The first kappa shape index (κ1) is 15.3. The van der Waals surface area contributed by atoms with Crippen LogP contribution in [0.1, 0.15) is 5.56 Å². The van der Waals surface area contributed by atoms with Crippen molar-refractivity contribution in [3.8, 4) is 0 Å². The van der Waals surface area contributed by atoms with Crippen molar-refractivity contribution >= 4 is 55.3 Å². The lowest BCUT2D eigenvalue weighted by atomic mass is 10.1. The van der Waals surface area contributed by atoms with Crippen molar-refractivity contribution in [2.45, 2.75) is 6.92 Å². The monoisotopic (exact) mass is 363 g/mol. The number of benzene rings is 4. The SMILES string of the molecule is Cc1ccc2c(c1)oc1cc(Nc3ccc4oc5ccccc5c4c3)ccc12. The molecule has 0 bridgehead atoms. The molecule has 6 aromatic rings. The molecule has 134 valence electrons. The molecule has 0 saturated heterocycles. The zero-order valence-electron chi connectivity index (χ0n) is 15.3. The Morgan fingerprint density at radius 2 is 1.18 bits per heavy atom. The van der Waals surface area contributed by atoms with Crippen LogP contribution in [0.4, 0.5) is 11.4 Å². The third-order valence-electron chi connectivity index (χ3n) is 5.29. The second-order valence-corrected chi connectivity index (χ2v) is 7.25. The average Bonchev–Trinajstić information content (AvgIpc) is 3.24. The number of nitrogens with one attached hydrogen (secondary N) is 1. The van der Waals surface area contributed by atoms with Crippen LogP contribution < -0.4 is 5.32 Å². The second-order valence-electron chi connectivity index (χ2n) is 7.25. The smallest absolute Gasteiger partial charge is 0.137 e. The minimum Gasteiger partial charge on any atom is -0.456 e. The van der Waals surface area contributed by atoms with Crippen LogP contribution in [0, 0.1) is 6.92 Å². The highest BCUT2D eigenvalue weighted by Gasteiger charge is 2.09. The van der Waals surface area contributed by atoms with Crippen LogP contribution in [0.15, 0.2) is 87.7 Å². The summed E-state index contributed by atoms with van der Waals surface area (Å²) in [5.41, 5.74) is 6.84. The summed E-state index contributed by atoms with van der Waals surface area (Å²) in [6.07, 6.45) is 0. The van der Waals surface area contributed by atoms with Crippen LogP contribution in [-0.2, 0) is 0 Å². The van der Waals surface area contributed by atoms with Crippen LogP contribution >= 0.6 is 0 Å². The van der Waals surface area contributed by atoms with Gasteiger partial charge in [0.05, 0.1) is 0 Å². The molecule has 1 N–H and O–H groups in total. The minimum atomic E-state index is 0.889. The normalized spacial score (nSPS) is 11.8. The zero-order valence-corrected chi connectivity index (χ0v) is 15.3. The van der Waals surface area contributed by atoms with Gasteiger partial charge in [-0.15, -0.1) is 0 Å². The zero-order chi connectivity index (χ0) is 18.7. The lowest BCUT2D eigenvalue weighted by Crippen LogP contribution is -1.89. The standard InChI is InChI=1S/C25H17NO2/c1-15-6-9-19-20-10-7-17(14-25(20)28-24(19)12-15)26-16-8-11-23-21(13-16)18-4-2-3-5-22(18)27-23/h2-14,26H,1H3. The molecule has 0 aliphatic rings. The van der Waals surface area contributed by atoms with E-state index in [9.17, 15) is 0 Å². The van der Waals surface area contributed by atoms with Gasteiger partial charge in [-0.2, -0.15) is 0 Å². The van der Waals surface area contributed by atoms with Crippen molar-refractivity contribution in [3.63, 3.8) is 0 Å². The number of hydrogen-bond donors (Lipinski definition) is 1. The molecule has 0 fully saturated rings. The maximum absolute atomic E-state index is 6.07. The highest BCUT2D eigenvalue weighted by molar-refractivity contribution is 6.07. The summed E-state index contributed by atoms with van der Waals surface area (Å²) in [5.74, 6) is 0. The van der Waals surface area contributed by atoms with Gasteiger partial charge in [0.1, 0.15) is 22.3 Å². The first-order valence-corrected chi connectivity index (χ1v) is 9.36. The summed E-state index contributed by atoms with van der Waals surface area (Å²) in [4.78, 5) is 0. The van der Waals surface area contributed by atoms with Crippen molar-refractivity contribution in [1.29, 1.82) is 0 Å². The molecule has 0 saturated carbocycles. The maximum Gasteiger partial charge on any atom is 0.137 e. The van der Waals surface area contributed by atoms with Gasteiger partial charge in [0.25, 0.3) is 0 Å². The van der Waals surface area contributed by atoms with Crippen molar-refractivity contribution in [3.05, 3.63) is 84.4 Å². The number of hydrogen-bond acceptors (Lipinski definition) is 3. The number of furan rings is 2. The molecule has 2 heterocycles. The van der Waals surface area contributed by atoms with Gasteiger partial charge >= 0.3 is 0 Å². The Kier molecular flexibility index (Phi) is 3.09. The molecule has 0 amide bonds. The van der Waals surface area contributed by atoms with E-state index in [1.807, 2.05) is 30.3 Å². The summed E-state index contributed by atoms with van der Waals surface area (Å²) in [5, 5.41) is 8.02. The Labute approximate surface area is 161 Å². The molecule has 0 aliphatic carbocycles. The summed E-state index contributed by atoms with van der Waals surface area (Å²) in [7, 11) is 0. The highest BCUT2D eigenvalue weighted by atomic mass is 16.3. The molecule has 0 spiro atoms. The summed E-state index contributed by atoms with van der Waals surface area (Å²) >= 11 is 0. The van der Waals surface area contributed by atoms with Gasteiger partial charge in [-0.05, 0) is 55.0 Å². The summed E-state index contributed by atoms with van der Waals surface area (Å²) in [6.45, 7) is 2.08. The predicted octanol–water partition coefficient (Wildman–Crippen LogP) is 7.54. The molecular weight excluding hydrogens is 346 g/mol. The number of para-hydroxylation sites is 1. The molecule has 0 unspecified atom stereocenters. The van der Waals surface area contributed by atoms with E-state index in [0.29, 0.717) is 0 Å². The quantitative estimate of drug-likeness (QED) is 0.345. The van der Waals surface area contributed by atoms with E-state index in [-0.39, 0.29) is 0 Å². The molecule has 3 nitrogen and oxygen atoms in total. The predicted molar refractivity (Wildman–Crippen MR) is 115 cm³/mol. The van der Waals surface area contributed by atoms with Crippen LogP contribution in [0.5, 0.6) is 0 Å². The first-order chi connectivity index (χ1) is 13.7. The number of anilines is 2. The summed E-state index contributed by atoms with van der Waals surface area (Å²) < 4.78 is 12.0. The van der Waals surface area contributed by atoms with Gasteiger partial charge < -0.3 is 14.2 Å². The van der Waals surface area contributed by atoms with Crippen molar-refractivity contribution < 1.29 is 8.83 Å². The van der Waals surface area contributed by atoms with E-state index in [4.69, 9.17) is 8.83 Å². The topological polar surface area (TPSA) is 38.3 Å². The number of rotatable bonds is 2. The van der Waals surface area contributed by atoms with Crippen LogP contribution in [0.25, 0.3) is 43.9 Å². The van der Waals surface area contributed by atoms with Gasteiger partial charge in [0.15, 0.2) is 0 Å². The van der Waals surface area contributed by atoms with Crippen molar-refractivity contribution in [2.75, 3.05) is 5.32 Å². The second kappa shape index (κ2) is 5.64. The molecule has 2 aromatic heterocycles. The summed E-state index contributed by atoms with van der Waals surface area (Å²) in [6, 6.07) is 26.9. The van der Waals surface area contributed by atoms with E-state index in [1.54, 1.807) is 0 Å². The van der Waals surface area contributed by atoms with E-state index >= 15 is 0 Å². The molecule has 6 rings (SSSR count). The molecule has 0 radical (unpaired) electrons. The molecule has 0 atom stereocenters. The number of aryl methyl sites for hydroxylation is 1. The van der Waals surface area contributed by atoms with Gasteiger partial charge in [0.2, 0.25) is 0 Å². The first-order valence-electron chi connectivity index (χ1n) is 9.36. The fourth-order valence-corrected chi connectivity index (χ4v) is 3.93. The fraction of sp³-hybridized carbons (Fsp3) is 0.0400.